The van der Waals surface area contributed by atoms with Crippen LogP contribution >= 0.6 is 11.6 Å². The summed E-state index contributed by atoms with van der Waals surface area (Å²) in [6.45, 7) is 1.76. The summed E-state index contributed by atoms with van der Waals surface area (Å²) in [5.74, 6) is 0.239. The topological polar surface area (TPSA) is 54.5 Å². The minimum atomic E-state index is -2.92. The smallest absolute Gasteiger partial charge is 0.249 e. The Balaban J connectivity index is 2.07. The molecule has 1 aliphatic heterocycles. The summed E-state index contributed by atoms with van der Waals surface area (Å²) < 4.78 is 22.9. The van der Waals surface area contributed by atoms with Crippen LogP contribution in [0.1, 0.15) is 25.3 Å². The number of hydrogen-bond acceptors (Lipinski definition) is 3. The number of rotatable bonds is 3. The number of hydrogen-bond donors (Lipinski definition) is 0. The van der Waals surface area contributed by atoms with Gasteiger partial charge in [-0.1, -0.05) is 23.7 Å². The molecule has 6 heteroatoms. The molecule has 1 aromatic carbocycles. The Kier molecular flexibility index (Phi) is 5.29. The molecule has 0 saturated carbocycles. The zero-order valence-electron chi connectivity index (χ0n) is 12.8. The van der Waals surface area contributed by atoms with Crippen LogP contribution in [0, 0.1) is 0 Å². The van der Waals surface area contributed by atoms with Crippen molar-refractivity contribution in [1.82, 2.24) is 4.90 Å². The third-order valence-electron chi connectivity index (χ3n) is 3.96. The molecule has 0 aromatic heterocycles. The van der Waals surface area contributed by atoms with E-state index < -0.39 is 9.84 Å². The van der Waals surface area contributed by atoms with Crippen molar-refractivity contribution >= 4 is 33.4 Å². The third kappa shape index (κ3) is 4.34. The highest BCUT2D eigenvalue weighted by Gasteiger charge is 2.28. The molecule has 1 saturated heterocycles. The lowest BCUT2D eigenvalue weighted by molar-refractivity contribution is -0.127. The fraction of sp³-hybridized carbons (Fsp3) is 0.438. The van der Waals surface area contributed by atoms with Crippen molar-refractivity contribution < 1.29 is 13.2 Å². The summed E-state index contributed by atoms with van der Waals surface area (Å²) in [5, 5.41) is 0.625. The van der Waals surface area contributed by atoms with Crippen molar-refractivity contribution in [3.8, 4) is 0 Å². The van der Waals surface area contributed by atoms with E-state index in [4.69, 9.17) is 11.6 Å². The van der Waals surface area contributed by atoms with Crippen molar-refractivity contribution in [3.63, 3.8) is 0 Å². The van der Waals surface area contributed by atoms with Crippen molar-refractivity contribution in [3.05, 3.63) is 40.4 Å². The van der Waals surface area contributed by atoms with Gasteiger partial charge in [0, 0.05) is 23.7 Å². The van der Waals surface area contributed by atoms with Gasteiger partial charge in [-0.2, -0.15) is 0 Å². The summed E-state index contributed by atoms with van der Waals surface area (Å²) in [5.41, 5.74) is 1.48. The van der Waals surface area contributed by atoms with Crippen molar-refractivity contribution in [2.75, 3.05) is 18.6 Å². The number of benzene rings is 1. The molecule has 0 N–H and O–H groups in total. The standard InChI is InChI=1S/C16H20ClNO3S/c1-12(10-13-4-3-5-14(17)11-13)16(19)18(2)15-6-8-22(20,21)9-7-15/h3-5,10-11,15H,6-9H2,1-2H3. The molecule has 1 fully saturated rings. The van der Waals surface area contributed by atoms with E-state index in [1.165, 1.54) is 0 Å². The summed E-state index contributed by atoms with van der Waals surface area (Å²) >= 11 is 5.94. The van der Waals surface area contributed by atoms with Gasteiger partial charge in [0.05, 0.1) is 11.5 Å². The summed E-state index contributed by atoms with van der Waals surface area (Å²) in [7, 11) is -1.18. The predicted molar refractivity (Wildman–Crippen MR) is 89.5 cm³/mol. The lowest BCUT2D eigenvalue weighted by Crippen LogP contribution is -2.42. The number of carbonyl (C=O) groups is 1. The van der Waals surface area contributed by atoms with Gasteiger partial charge in [0.2, 0.25) is 5.91 Å². The van der Waals surface area contributed by atoms with Crippen LogP contribution in [-0.4, -0.2) is 43.8 Å². The molecule has 1 aromatic rings. The molecular weight excluding hydrogens is 322 g/mol. The average molecular weight is 342 g/mol. The monoisotopic (exact) mass is 341 g/mol. The van der Waals surface area contributed by atoms with E-state index in [1.807, 2.05) is 12.1 Å². The molecule has 4 nitrogen and oxygen atoms in total. The lowest BCUT2D eigenvalue weighted by atomic mass is 10.1. The minimum absolute atomic E-state index is 0.0151. The van der Waals surface area contributed by atoms with E-state index in [0.29, 0.717) is 23.4 Å². The number of sulfone groups is 1. The lowest BCUT2D eigenvalue weighted by Gasteiger charge is -2.31. The number of nitrogens with zero attached hydrogens (tertiary/aromatic N) is 1. The van der Waals surface area contributed by atoms with E-state index in [0.717, 1.165) is 5.56 Å². The molecule has 0 radical (unpaired) electrons. The van der Waals surface area contributed by atoms with Gasteiger partial charge in [-0.3, -0.25) is 4.79 Å². The zero-order valence-corrected chi connectivity index (χ0v) is 14.3. The Morgan fingerprint density at radius 3 is 2.55 bits per heavy atom. The minimum Gasteiger partial charge on any atom is -0.339 e. The van der Waals surface area contributed by atoms with Crippen molar-refractivity contribution in [2.24, 2.45) is 0 Å². The first kappa shape index (κ1) is 17.0. The highest BCUT2D eigenvalue weighted by atomic mass is 35.5. The molecule has 0 unspecified atom stereocenters. The van der Waals surface area contributed by atoms with Crippen LogP contribution in [0.3, 0.4) is 0 Å². The van der Waals surface area contributed by atoms with E-state index in [1.54, 1.807) is 37.1 Å². The first-order valence-corrected chi connectivity index (χ1v) is 9.40. The maximum atomic E-state index is 12.5. The van der Waals surface area contributed by atoms with E-state index in [2.05, 4.69) is 0 Å². The van der Waals surface area contributed by atoms with Crippen molar-refractivity contribution in [1.29, 1.82) is 0 Å². The molecule has 0 bridgehead atoms. The Hall–Kier alpha value is -1.33. The molecule has 120 valence electrons. The fourth-order valence-corrected chi connectivity index (χ4v) is 4.28. The largest absolute Gasteiger partial charge is 0.339 e. The quantitative estimate of drug-likeness (QED) is 0.794. The van der Waals surface area contributed by atoms with Gasteiger partial charge < -0.3 is 4.90 Å². The number of halogens is 1. The van der Waals surface area contributed by atoms with Gasteiger partial charge in [0.15, 0.2) is 0 Å². The van der Waals surface area contributed by atoms with Crippen LogP contribution in [0.5, 0.6) is 0 Å². The normalized spacial score (nSPS) is 19.0. The second kappa shape index (κ2) is 6.84. The van der Waals surface area contributed by atoms with Crippen LogP contribution in [0.15, 0.2) is 29.8 Å². The highest BCUT2D eigenvalue weighted by molar-refractivity contribution is 7.91. The Labute approximate surface area is 136 Å². The van der Waals surface area contributed by atoms with Crippen LogP contribution in [-0.2, 0) is 14.6 Å². The fourth-order valence-electron chi connectivity index (χ4n) is 2.62. The van der Waals surface area contributed by atoms with Gasteiger partial charge in [-0.25, -0.2) is 8.42 Å². The van der Waals surface area contributed by atoms with Gasteiger partial charge in [-0.05, 0) is 43.5 Å². The summed E-state index contributed by atoms with van der Waals surface area (Å²) in [6.07, 6.45) is 2.81. The molecule has 1 aliphatic rings. The SMILES string of the molecule is CC(=Cc1cccc(Cl)c1)C(=O)N(C)C1CCS(=O)(=O)CC1. The van der Waals surface area contributed by atoms with Crippen LogP contribution < -0.4 is 0 Å². The summed E-state index contributed by atoms with van der Waals surface area (Å²) in [4.78, 5) is 14.1. The first-order chi connectivity index (χ1) is 10.3. The van der Waals surface area contributed by atoms with Gasteiger partial charge in [0.25, 0.3) is 0 Å². The van der Waals surface area contributed by atoms with Crippen molar-refractivity contribution in [2.45, 2.75) is 25.8 Å². The van der Waals surface area contributed by atoms with Gasteiger partial charge in [0.1, 0.15) is 9.84 Å². The van der Waals surface area contributed by atoms with Crippen LogP contribution in [0.25, 0.3) is 6.08 Å². The Morgan fingerprint density at radius 2 is 1.95 bits per heavy atom. The number of amides is 1. The molecule has 0 aliphatic carbocycles. The molecule has 22 heavy (non-hydrogen) atoms. The third-order valence-corrected chi connectivity index (χ3v) is 5.91. The molecule has 0 spiro atoms. The van der Waals surface area contributed by atoms with Crippen LogP contribution in [0.2, 0.25) is 5.02 Å². The van der Waals surface area contributed by atoms with E-state index >= 15 is 0 Å². The van der Waals surface area contributed by atoms with E-state index in [9.17, 15) is 13.2 Å². The maximum Gasteiger partial charge on any atom is 0.249 e. The Morgan fingerprint density at radius 1 is 1.32 bits per heavy atom. The average Bonchev–Trinajstić information content (AvgIpc) is 2.45. The second-order valence-corrected chi connectivity index (χ2v) is 8.42. The van der Waals surface area contributed by atoms with Crippen LogP contribution in [0.4, 0.5) is 0 Å². The summed E-state index contributed by atoms with van der Waals surface area (Å²) in [6, 6.07) is 7.28. The van der Waals surface area contributed by atoms with Gasteiger partial charge >= 0.3 is 0 Å². The number of carbonyl (C=O) groups excluding carboxylic acids is 1. The highest BCUT2D eigenvalue weighted by Crippen LogP contribution is 2.20. The molecule has 0 atom stereocenters. The molecule has 1 amide bonds. The zero-order chi connectivity index (χ0) is 16.3. The molecule has 1 heterocycles. The Bertz CT molecular complexity index is 683. The molecule has 2 rings (SSSR count). The molecular formula is C16H20ClNO3S. The maximum absolute atomic E-state index is 12.5. The first-order valence-electron chi connectivity index (χ1n) is 7.20. The predicted octanol–water partition coefficient (Wildman–Crippen LogP) is 2.78. The second-order valence-electron chi connectivity index (χ2n) is 5.68. The van der Waals surface area contributed by atoms with Gasteiger partial charge in [-0.15, -0.1) is 0 Å². The number of likely N-dealkylation sites (N-methyl/N-ethyl adjacent to an activating group) is 1. The van der Waals surface area contributed by atoms with E-state index in [-0.39, 0.29) is 23.5 Å².